The van der Waals surface area contributed by atoms with Crippen LogP contribution in [-0.2, 0) is 11.2 Å². The van der Waals surface area contributed by atoms with Gasteiger partial charge in [0.25, 0.3) is 0 Å². The molecule has 0 radical (unpaired) electrons. The van der Waals surface area contributed by atoms with E-state index in [0.717, 1.165) is 31.2 Å². The van der Waals surface area contributed by atoms with Crippen molar-refractivity contribution in [1.29, 1.82) is 0 Å². The van der Waals surface area contributed by atoms with E-state index < -0.39 is 0 Å². The first kappa shape index (κ1) is 13.6. The molecule has 3 nitrogen and oxygen atoms in total. The van der Waals surface area contributed by atoms with Gasteiger partial charge in [0.05, 0.1) is 6.42 Å². The van der Waals surface area contributed by atoms with Crippen molar-refractivity contribution in [1.82, 2.24) is 4.90 Å². The standard InChI is InChI=1S/C17H24N2O/c1-11-3-4-13(7-12(11)2)8-17(20)19-15-5-6-16(19)10-14(18)9-15/h3-4,7,14-16H,5-6,8-10,18H2,1-2H3. The first-order valence-electron chi connectivity index (χ1n) is 7.67. The number of benzene rings is 1. The molecule has 20 heavy (non-hydrogen) atoms. The fourth-order valence-corrected chi connectivity index (χ4v) is 3.81. The summed E-state index contributed by atoms with van der Waals surface area (Å²) in [6.07, 6.45) is 4.77. The highest BCUT2D eigenvalue weighted by molar-refractivity contribution is 5.80. The van der Waals surface area contributed by atoms with Gasteiger partial charge in [-0.3, -0.25) is 4.79 Å². The molecular weight excluding hydrogens is 248 g/mol. The van der Waals surface area contributed by atoms with Gasteiger partial charge in [0, 0.05) is 18.1 Å². The molecule has 2 saturated heterocycles. The Morgan fingerprint density at radius 3 is 2.45 bits per heavy atom. The Labute approximate surface area is 121 Å². The molecule has 2 aliphatic rings. The van der Waals surface area contributed by atoms with E-state index in [1.165, 1.54) is 11.1 Å². The smallest absolute Gasteiger partial charge is 0.227 e. The maximum Gasteiger partial charge on any atom is 0.227 e. The summed E-state index contributed by atoms with van der Waals surface area (Å²) in [6.45, 7) is 4.21. The van der Waals surface area contributed by atoms with Gasteiger partial charge >= 0.3 is 0 Å². The summed E-state index contributed by atoms with van der Waals surface area (Å²) in [4.78, 5) is 14.8. The van der Waals surface area contributed by atoms with E-state index in [1.807, 2.05) is 0 Å². The zero-order valence-corrected chi connectivity index (χ0v) is 12.4. The molecule has 2 unspecified atom stereocenters. The van der Waals surface area contributed by atoms with Crippen LogP contribution in [0.25, 0.3) is 0 Å². The average molecular weight is 272 g/mol. The third-order valence-corrected chi connectivity index (χ3v) is 4.98. The second-order valence-electron chi connectivity index (χ2n) is 6.51. The van der Waals surface area contributed by atoms with E-state index in [4.69, 9.17) is 5.73 Å². The fraction of sp³-hybridized carbons (Fsp3) is 0.588. The Morgan fingerprint density at radius 2 is 1.85 bits per heavy atom. The number of carbonyl (C=O) groups excluding carboxylic acids is 1. The molecule has 108 valence electrons. The lowest BCUT2D eigenvalue weighted by Crippen LogP contribution is -2.50. The van der Waals surface area contributed by atoms with E-state index in [-0.39, 0.29) is 11.9 Å². The molecule has 3 heteroatoms. The molecule has 3 rings (SSSR count). The average Bonchev–Trinajstić information content (AvgIpc) is 2.66. The van der Waals surface area contributed by atoms with Crippen molar-refractivity contribution in [3.63, 3.8) is 0 Å². The minimum absolute atomic E-state index is 0.285. The van der Waals surface area contributed by atoms with Crippen LogP contribution in [0.4, 0.5) is 0 Å². The fourth-order valence-electron chi connectivity index (χ4n) is 3.81. The van der Waals surface area contributed by atoms with Crippen molar-refractivity contribution in [2.75, 3.05) is 0 Å². The van der Waals surface area contributed by atoms with E-state index in [9.17, 15) is 4.79 Å². The van der Waals surface area contributed by atoms with Crippen molar-refractivity contribution in [2.45, 2.75) is 64.1 Å². The summed E-state index contributed by atoms with van der Waals surface area (Å²) in [5, 5.41) is 0. The number of piperidine rings is 1. The van der Waals surface area contributed by atoms with Gasteiger partial charge in [0.2, 0.25) is 5.91 Å². The molecule has 1 aromatic carbocycles. The van der Waals surface area contributed by atoms with Crippen LogP contribution in [0, 0.1) is 13.8 Å². The summed E-state index contributed by atoms with van der Waals surface area (Å²) in [5.41, 5.74) is 9.75. The van der Waals surface area contributed by atoms with E-state index in [2.05, 4.69) is 36.9 Å². The van der Waals surface area contributed by atoms with E-state index in [0.29, 0.717) is 18.5 Å². The predicted molar refractivity (Wildman–Crippen MR) is 80.5 cm³/mol. The van der Waals surface area contributed by atoms with Crippen LogP contribution in [0.2, 0.25) is 0 Å². The van der Waals surface area contributed by atoms with Gasteiger partial charge < -0.3 is 10.6 Å². The minimum atomic E-state index is 0.285. The van der Waals surface area contributed by atoms with Gasteiger partial charge in [0.1, 0.15) is 0 Å². The van der Waals surface area contributed by atoms with Gasteiger partial charge in [-0.15, -0.1) is 0 Å². The lowest BCUT2D eigenvalue weighted by molar-refractivity contribution is -0.135. The minimum Gasteiger partial charge on any atom is -0.336 e. The van der Waals surface area contributed by atoms with Crippen molar-refractivity contribution in [2.24, 2.45) is 5.73 Å². The maximum atomic E-state index is 12.6. The highest BCUT2D eigenvalue weighted by atomic mass is 16.2. The Hall–Kier alpha value is -1.35. The molecule has 2 N–H and O–H groups in total. The van der Waals surface area contributed by atoms with Crippen LogP contribution in [0.1, 0.15) is 42.4 Å². The molecular formula is C17H24N2O. The van der Waals surface area contributed by atoms with Crippen LogP contribution in [0.5, 0.6) is 0 Å². The second kappa shape index (κ2) is 5.21. The van der Waals surface area contributed by atoms with Crippen LogP contribution in [0.15, 0.2) is 18.2 Å². The number of amides is 1. The van der Waals surface area contributed by atoms with Gasteiger partial charge in [-0.05, 0) is 56.2 Å². The number of aryl methyl sites for hydroxylation is 2. The highest BCUT2D eigenvalue weighted by Crippen LogP contribution is 2.35. The number of nitrogens with two attached hydrogens (primary N) is 1. The topological polar surface area (TPSA) is 46.3 Å². The van der Waals surface area contributed by atoms with Crippen molar-refractivity contribution < 1.29 is 4.79 Å². The zero-order chi connectivity index (χ0) is 14.3. The van der Waals surface area contributed by atoms with E-state index in [1.54, 1.807) is 0 Å². The van der Waals surface area contributed by atoms with Gasteiger partial charge in [-0.1, -0.05) is 18.2 Å². The summed E-state index contributed by atoms with van der Waals surface area (Å²) in [6, 6.07) is 7.41. The van der Waals surface area contributed by atoms with Crippen LogP contribution in [-0.4, -0.2) is 28.9 Å². The number of carbonyl (C=O) groups is 1. The Bertz CT molecular complexity index is 512. The first-order valence-corrected chi connectivity index (χ1v) is 7.67. The molecule has 2 fully saturated rings. The second-order valence-corrected chi connectivity index (χ2v) is 6.51. The first-order chi connectivity index (χ1) is 9.54. The summed E-state index contributed by atoms with van der Waals surface area (Å²) in [7, 11) is 0. The Morgan fingerprint density at radius 1 is 1.20 bits per heavy atom. The van der Waals surface area contributed by atoms with Crippen LogP contribution >= 0.6 is 0 Å². The molecule has 0 saturated carbocycles. The lowest BCUT2D eigenvalue weighted by atomic mass is 9.97. The molecule has 0 aliphatic carbocycles. The molecule has 2 heterocycles. The molecule has 1 aromatic rings. The molecule has 2 atom stereocenters. The van der Waals surface area contributed by atoms with Gasteiger partial charge in [-0.2, -0.15) is 0 Å². The zero-order valence-electron chi connectivity index (χ0n) is 12.4. The third kappa shape index (κ3) is 2.47. The van der Waals surface area contributed by atoms with Crippen molar-refractivity contribution >= 4 is 5.91 Å². The molecule has 2 bridgehead atoms. The molecule has 1 amide bonds. The number of fused-ring (bicyclic) bond motifs is 2. The maximum absolute atomic E-state index is 12.6. The van der Waals surface area contributed by atoms with Crippen molar-refractivity contribution in [3.8, 4) is 0 Å². The van der Waals surface area contributed by atoms with Crippen LogP contribution < -0.4 is 5.73 Å². The third-order valence-electron chi connectivity index (χ3n) is 4.98. The lowest BCUT2D eigenvalue weighted by Gasteiger charge is -2.37. The van der Waals surface area contributed by atoms with Crippen LogP contribution in [0.3, 0.4) is 0 Å². The monoisotopic (exact) mass is 272 g/mol. The van der Waals surface area contributed by atoms with Crippen molar-refractivity contribution in [3.05, 3.63) is 34.9 Å². The normalized spacial score (nSPS) is 28.8. The van der Waals surface area contributed by atoms with Gasteiger partial charge in [0.15, 0.2) is 0 Å². The largest absolute Gasteiger partial charge is 0.336 e. The number of hydrogen-bond donors (Lipinski definition) is 1. The summed E-state index contributed by atoms with van der Waals surface area (Å²) >= 11 is 0. The molecule has 0 aromatic heterocycles. The predicted octanol–water partition coefficient (Wildman–Crippen LogP) is 2.33. The SMILES string of the molecule is Cc1ccc(CC(=O)N2C3CCC2CC(N)C3)cc1C. The number of nitrogens with zero attached hydrogens (tertiary/aromatic N) is 1. The van der Waals surface area contributed by atoms with E-state index >= 15 is 0 Å². The summed E-state index contributed by atoms with van der Waals surface area (Å²) < 4.78 is 0. The molecule has 2 aliphatic heterocycles. The number of rotatable bonds is 2. The highest BCUT2D eigenvalue weighted by Gasteiger charge is 2.41. The Kier molecular flexibility index (Phi) is 3.55. The Balaban J connectivity index is 1.72. The summed E-state index contributed by atoms with van der Waals surface area (Å²) in [5.74, 6) is 0.285. The number of hydrogen-bond acceptors (Lipinski definition) is 2. The quantitative estimate of drug-likeness (QED) is 0.898. The van der Waals surface area contributed by atoms with Gasteiger partial charge in [-0.25, -0.2) is 0 Å². The molecule has 0 spiro atoms.